The first-order valence-corrected chi connectivity index (χ1v) is 11.8. The lowest BCUT2D eigenvalue weighted by molar-refractivity contribution is -0.115. The molecule has 1 heterocycles. The Kier molecular flexibility index (Phi) is 6.41. The molecule has 0 unspecified atom stereocenters. The average Bonchev–Trinajstić information content (AvgIpc) is 2.80. The van der Waals surface area contributed by atoms with Crippen molar-refractivity contribution in [3.05, 3.63) is 71.8 Å². The van der Waals surface area contributed by atoms with E-state index in [9.17, 15) is 13.2 Å². The number of nitrogens with one attached hydrogen (secondary N) is 2. The molecule has 4 rings (SSSR count). The molecule has 3 aromatic carbocycles. The first-order valence-electron chi connectivity index (χ1n) is 10.3. The standard InChI is InChI=1S/C24H24N2O6S/c1-16-7-9-18(15-23(16)33(28,29)26-19-5-3-4-6-20(19)30-2)25-24(27)14-17-8-10-21-22(13-17)32-12-11-31-21/h3-10,13,15,26H,11-12,14H2,1-2H3,(H,25,27). The monoisotopic (exact) mass is 468 g/mol. The van der Waals surface area contributed by atoms with Gasteiger partial charge in [0.05, 0.1) is 24.1 Å². The van der Waals surface area contributed by atoms with Crippen molar-refractivity contribution in [2.24, 2.45) is 0 Å². The van der Waals surface area contributed by atoms with Crippen molar-refractivity contribution in [2.45, 2.75) is 18.2 Å². The average molecular weight is 469 g/mol. The van der Waals surface area contributed by atoms with Gasteiger partial charge in [-0.3, -0.25) is 9.52 Å². The van der Waals surface area contributed by atoms with Crippen molar-refractivity contribution in [1.82, 2.24) is 0 Å². The molecule has 0 saturated carbocycles. The minimum absolute atomic E-state index is 0.0607. The number of anilines is 2. The Morgan fingerprint density at radius 1 is 1.00 bits per heavy atom. The topological polar surface area (TPSA) is 103 Å². The van der Waals surface area contributed by atoms with E-state index in [-0.39, 0.29) is 17.2 Å². The van der Waals surface area contributed by atoms with Crippen LogP contribution in [0, 0.1) is 6.92 Å². The van der Waals surface area contributed by atoms with Crippen molar-refractivity contribution in [3.8, 4) is 17.2 Å². The minimum Gasteiger partial charge on any atom is -0.495 e. The highest BCUT2D eigenvalue weighted by Gasteiger charge is 2.20. The summed E-state index contributed by atoms with van der Waals surface area (Å²) in [5.41, 5.74) is 2.01. The smallest absolute Gasteiger partial charge is 0.262 e. The summed E-state index contributed by atoms with van der Waals surface area (Å²) in [4.78, 5) is 12.7. The van der Waals surface area contributed by atoms with Gasteiger partial charge >= 0.3 is 0 Å². The van der Waals surface area contributed by atoms with Gasteiger partial charge < -0.3 is 19.5 Å². The van der Waals surface area contributed by atoms with Gasteiger partial charge in [0.15, 0.2) is 11.5 Å². The van der Waals surface area contributed by atoms with E-state index in [1.54, 1.807) is 61.5 Å². The zero-order valence-corrected chi connectivity index (χ0v) is 19.1. The van der Waals surface area contributed by atoms with E-state index in [1.165, 1.54) is 13.2 Å². The minimum atomic E-state index is -3.92. The number of carbonyl (C=O) groups is 1. The van der Waals surface area contributed by atoms with Crippen molar-refractivity contribution in [1.29, 1.82) is 0 Å². The van der Waals surface area contributed by atoms with Gasteiger partial charge in [0, 0.05) is 5.69 Å². The highest BCUT2D eigenvalue weighted by Crippen LogP contribution is 2.31. The molecule has 1 amide bonds. The number of amides is 1. The summed E-state index contributed by atoms with van der Waals surface area (Å²) in [5.74, 6) is 1.39. The number of rotatable bonds is 7. The molecule has 0 spiro atoms. The van der Waals surface area contributed by atoms with Crippen molar-refractivity contribution in [3.63, 3.8) is 0 Å². The number of benzene rings is 3. The highest BCUT2D eigenvalue weighted by atomic mass is 32.2. The third-order valence-corrected chi connectivity index (χ3v) is 6.59. The zero-order valence-electron chi connectivity index (χ0n) is 18.3. The first-order chi connectivity index (χ1) is 15.9. The molecular weight excluding hydrogens is 444 g/mol. The normalized spacial score (nSPS) is 12.7. The van der Waals surface area contributed by atoms with Crippen LogP contribution in [0.15, 0.2) is 65.6 Å². The lowest BCUT2D eigenvalue weighted by atomic mass is 10.1. The second-order valence-corrected chi connectivity index (χ2v) is 9.14. The molecule has 3 aromatic rings. The third-order valence-electron chi connectivity index (χ3n) is 5.08. The number of sulfonamides is 1. The Balaban J connectivity index is 1.50. The number of methoxy groups -OCH3 is 1. The van der Waals surface area contributed by atoms with Crippen LogP contribution in [0.4, 0.5) is 11.4 Å². The maximum atomic E-state index is 13.1. The number of para-hydroxylation sites is 2. The second-order valence-electron chi connectivity index (χ2n) is 7.49. The molecule has 1 aliphatic rings. The predicted octanol–water partition coefficient (Wildman–Crippen LogP) is 3.76. The lowest BCUT2D eigenvalue weighted by Crippen LogP contribution is -2.18. The molecule has 0 fully saturated rings. The van der Waals surface area contributed by atoms with Gasteiger partial charge in [0.1, 0.15) is 19.0 Å². The Morgan fingerprint density at radius 3 is 2.55 bits per heavy atom. The summed E-state index contributed by atoms with van der Waals surface area (Å²) < 4.78 is 44.9. The van der Waals surface area contributed by atoms with E-state index in [2.05, 4.69) is 10.0 Å². The molecule has 0 bridgehead atoms. The molecule has 0 saturated heterocycles. The number of aryl methyl sites for hydroxylation is 1. The molecular formula is C24H24N2O6S. The summed E-state index contributed by atoms with van der Waals surface area (Å²) in [5, 5.41) is 2.77. The van der Waals surface area contributed by atoms with Crippen LogP contribution in [0.1, 0.15) is 11.1 Å². The molecule has 0 atom stereocenters. The highest BCUT2D eigenvalue weighted by molar-refractivity contribution is 7.92. The van der Waals surface area contributed by atoms with Crippen LogP contribution in [-0.2, 0) is 21.2 Å². The SMILES string of the molecule is COc1ccccc1NS(=O)(=O)c1cc(NC(=O)Cc2ccc3c(c2)OCCO3)ccc1C. The maximum absolute atomic E-state index is 13.1. The predicted molar refractivity (Wildman–Crippen MR) is 125 cm³/mol. The molecule has 1 aliphatic heterocycles. The van der Waals surface area contributed by atoms with E-state index in [0.717, 1.165) is 5.56 Å². The fourth-order valence-electron chi connectivity index (χ4n) is 3.48. The van der Waals surface area contributed by atoms with E-state index in [4.69, 9.17) is 14.2 Å². The Hall–Kier alpha value is -3.72. The first kappa shape index (κ1) is 22.5. The Morgan fingerprint density at radius 2 is 1.76 bits per heavy atom. The van der Waals surface area contributed by atoms with Gasteiger partial charge in [-0.2, -0.15) is 0 Å². The van der Waals surface area contributed by atoms with Gasteiger partial charge in [0.25, 0.3) is 10.0 Å². The van der Waals surface area contributed by atoms with Crippen LogP contribution in [-0.4, -0.2) is 34.6 Å². The molecule has 0 aliphatic carbocycles. The van der Waals surface area contributed by atoms with Crippen LogP contribution in [0.25, 0.3) is 0 Å². The summed E-state index contributed by atoms with van der Waals surface area (Å²) in [6.07, 6.45) is 0.103. The van der Waals surface area contributed by atoms with Crippen LogP contribution < -0.4 is 24.2 Å². The van der Waals surface area contributed by atoms with Crippen LogP contribution in [0.3, 0.4) is 0 Å². The number of ether oxygens (including phenoxy) is 3. The van der Waals surface area contributed by atoms with Gasteiger partial charge in [0.2, 0.25) is 5.91 Å². The molecule has 8 nitrogen and oxygen atoms in total. The van der Waals surface area contributed by atoms with Crippen molar-refractivity contribution < 1.29 is 27.4 Å². The summed E-state index contributed by atoms with van der Waals surface area (Å²) in [6.45, 7) is 2.65. The van der Waals surface area contributed by atoms with Gasteiger partial charge in [-0.15, -0.1) is 0 Å². The number of fused-ring (bicyclic) bond motifs is 1. The molecule has 0 aromatic heterocycles. The largest absolute Gasteiger partial charge is 0.495 e. The van der Waals surface area contributed by atoms with E-state index >= 15 is 0 Å². The van der Waals surface area contributed by atoms with Gasteiger partial charge in [-0.1, -0.05) is 24.3 Å². The number of hydrogen-bond acceptors (Lipinski definition) is 6. The maximum Gasteiger partial charge on any atom is 0.262 e. The summed E-state index contributed by atoms with van der Waals surface area (Å²) >= 11 is 0. The summed E-state index contributed by atoms with van der Waals surface area (Å²) in [6, 6.07) is 16.8. The number of hydrogen-bond donors (Lipinski definition) is 2. The molecule has 0 radical (unpaired) electrons. The fraction of sp³-hybridized carbons (Fsp3) is 0.208. The van der Waals surface area contributed by atoms with Crippen LogP contribution in [0.2, 0.25) is 0 Å². The lowest BCUT2D eigenvalue weighted by Gasteiger charge is -2.18. The second kappa shape index (κ2) is 9.41. The molecule has 2 N–H and O–H groups in total. The van der Waals surface area contributed by atoms with Gasteiger partial charge in [-0.25, -0.2) is 8.42 Å². The van der Waals surface area contributed by atoms with Crippen LogP contribution >= 0.6 is 0 Å². The molecule has 9 heteroatoms. The van der Waals surface area contributed by atoms with E-state index < -0.39 is 10.0 Å². The quantitative estimate of drug-likeness (QED) is 0.547. The third kappa shape index (κ3) is 5.20. The fourth-order valence-corrected chi connectivity index (χ4v) is 4.83. The van der Waals surface area contributed by atoms with Crippen molar-refractivity contribution in [2.75, 3.05) is 30.4 Å². The Bertz CT molecular complexity index is 1290. The number of carbonyl (C=O) groups excluding carboxylic acids is 1. The van der Waals surface area contributed by atoms with Gasteiger partial charge in [-0.05, 0) is 54.4 Å². The zero-order chi connectivity index (χ0) is 23.4. The molecule has 33 heavy (non-hydrogen) atoms. The van der Waals surface area contributed by atoms with E-state index in [1.807, 2.05) is 0 Å². The summed E-state index contributed by atoms with van der Waals surface area (Å²) in [7, 11) is -2.45. The van der Waals surface area contributed by atoms with Crippen LogP contribution in [0.5, 0.6) is 17.2 Å². The van der Waals surface area contributed by atoms with E-state index in [0.29, 0.717) is 47.4 Å². The Labute approximate surface area is 192 Å². The van der Waals surface area contributed by atoms with Crippen molar-refractivity contribution >= 4 is 27.3 Å². The molecule has 172 valence electrons.